The molecule has 1 aromatic rings. The van der Waals surface area contributed by atoms with Gasteiger partial charge in [0.15, 0.2) is 12.0 Å². The van der Waals surface area contributed by atoms with Crippen molar-refractivity contribution in [2.24, 2.45) is 0 Å². The lowest BCUT2D eigenvalue weighted by molar-refractivity contribution is 0.0584. The fourth-order valence-electron chi connectivity index (χ4n) is 2.40. The largest absolute Gasteiger partial charge is 0.471 e. The molecular formula is C12H17N3OS. The first-order valence-electron chi connectivity index (χ1n) is 5.97. The number of hydrogen-bond acceptors (Lipinski definition) is 5. The molecule has 1 aromatic carbocycles. The van der Waals surface area contributed by atoms with E-state index in [-0.39, 0.29) is 6.23 Å². The summed E-state index contributed by atoms with van der Waals surface area (Å²) in [7, 11) is 0. The quantitative estimate of drug-likeness (QED) is 0.745. The van der Waals surface area contributed by atoms with Crippen molar-refractivity contribution in [1.29, 1.82) is 0 Å². The first-order valence-corrected chi connectivity index (χ1v) is 6.96. The lowest BCUT2D eigenvalue weighted by Gasteiger charge is -2.33. The zero-order valence-electron chi connectivity index (χ0n) is 9.69. The Kier molecular flexibility index (Phi) is 2.80. The SMILES string of the molecule is Nc1ccc(N)c2c1OC(N1CCCC1)CS2. The van der Waals surface area contributed by atoms with Crippen LogP contribution in [0, 0.1) is 0 Å². The summed E-state index contributed by atoms with van der Waals surface area (Å²) < 4.78 is 6.03. The first kappa shape index (κ1) is 11.0. The third-order valence-electron chi connectivity index (χ3n) is 3.35. The molecule has 2 aliphatic heterocycles. The molecule has 17 heavy (non-hydrogen) atoms. The van der Waals surface area contributed by atoms with E-state index >= 15 is 0 Å². The van der Waals surface area contributed by atoms with E-state index in [9.17, 15) is 0 Å². The number of nitrogens with zero attached hydrogens (tertiary/aromatic N) is 1. The summed E-state index contributed by atoms with van der Waals surface area (Å²) in [6, 6.07) is 3.67. The van der Waals surface area contributed by atoms with Gasteiger partial charge >= 0.3 is 0 Å². The summed E-state index contributed by atoms with van der Waals surface area (Å²) in [5.74, 6) is 1.71. The molecule has 92 valence electrons. The van der Waals surface area contributed by atoms with Gasteiger partial charge in [0.05, 0.1) is 10.6 Å². The highest BCUT2D eigenvalue weighted by molar-refractivity contribution is 7.99. The van der Waals surface area contributed by atoms with Gasteiger partial charge in [-0.15, -0.1) is 11.8 Å². The summed E-state index contributed by atoms with van der Waals surface area (Å²) in [6.07, 6.45) is 2.69. The zero-order chi connectivity index (χ0) is 11.8. The van der Waals surface area contributed by atoms with Crippen LogP contribution in [-0.2, 0) is 0 Å². The Balaban J connectivity index is 1.86. The Labute approximate surface area is 105 Å². The monoisotopic (exact) mass is 251 g/mol. The molecule has 0 amide bonds. The van der Waals surface area contributed by atoms with Crippen molar-refractivity contribution in [3.8, 4) is 5.75 Å². The minimum Gasteiger partial charge on any atom is -0.471 e. The van der Waals surface area contributed by atoms with Gasteiger partial charge in [0.1, 0.15) is 0 Å². The molecule has 2 heterocycles. The minimum absolute atomic E-state index is 0.152. The minimum atomic E-state index is 0.152. The van der Waals surface area contributed by atoms with Gasteiger partial charge in [-0.1, -0.05) is 0 Å². The van der Waals surface area contributed by atoms with Gasteiger partial charge in [0.25, 0.3) is 0 Å². The summed E-state index contributed by atoms with van der Waals surface area (Å²) >= 11 is 1.75. The van der Waals surface area contributed by atoms with Crippen LogP contribution in [0.25, 0.3) is 0 Å². The molecule has 3 rings (SSSR count). The average molecular weight is 251 g/mol. The Morgan fingerprint density at radius 3 is 2.65 bits per heavy atom. The second-order valence-corrected chi connectivity index (χ2v) is 5.56. The van der Waals surface area contributed by atoms with Crippen molar-refractivity contribution < 1.29 is 4.74 Å². The smallest absolute Gasteiger partial charge is 0.162 e. The van der Waals surface area contributed by atoms with Crippen LogP contribution in [0.5, 0.6) is 5.75 Å². The van der Waals surface area contributed by atoms with Crippen LogP contribution in [0.4, 0.5) is 11.4 Å². The molecule has 4 nitrogen and oxygen atoms in total. The number of thioether (sulfide) groups is 1. The molecule has 4 N–H and O–H groups in total. The fraction of sp³-hybridized carbons (Fsp3) is 0.500. The van der Waals surface area contributed by atoms with Crippen LogP contribution < -0.4 is 16.2 Å². The van der Waals surface area contributed by atoms with Crippen LogP contribution in [-0.4, -0.2) is 30.0 Å². The van der Waals surface area contributed by atoms with Gasteiger partial charge < -0.3 is 16.2 Å². The molecular weight excluding hydrogens is 234 g/mol. The van der Waals surface area contributed by atoms with Crippen LogP contribution in [0.2, 0.25) is 0 Å². The van der Waals surface area contributed by atoms with Gasteiger partial charge in [0.2, 0.25) is 0 Å². The highest BCUT2D eigenvalue weighted by Gasteiger charge is 2.29. The lowest BCUT2D eigenvalue weighted by atomic mass is 10.2. The number of anilines is 2. The van der Waals surface area contributed by atoms with E-state index in [1.807, 2.05) is 12.1 Å². The Bertz CT molecular complexity index is 432. The third-order valence-corrected chi connectivity index (χ3v) is 4.51. The number of ether oxygens (including phenoxy) is 1. The molecule has 1 fully saturated rings. The van der Waals surface area contributed by atoms with E-state index in [2.05, 4.69) is 4.90 Å². The highest BCUT2D eigenvalue weighted by atomic mass is 32.2. The van der Waals surface area contributed by atoms with Crippen molar-refractivity contribution in [3.63, 3.8) is 0 Å². The molecule has 0 spiro atoms. The van der Waals surface area contributed by atoms with Crippen LogP contribution in [0.1, 0.15) is 12.8 Å². The molecule has 1 atom stereocenters. The number of hydrogen-bond donors (Lipinski definition) is 2. The molecule has 5 heteroatoms. The topological polar surface area (TPSA) is 64.5 Å². The Morgan fingerprint density at radius 2 is 1.88 bits per heavy atom. The van der Waals surface area contributed by atoms with Crippen molar-refractivity contribution in [2.75, 3.05) is 30.3 Å². The van der Waals surface area contributed by atoms with E-state index < -0.39 is 0 Å². The molecule has 0 aromatic heterocycles. The van der Waals surface area contributed by atoms with Gasteiger partial charge in [-0.05, 0) is 25.0 Å². The van der Waals surface area contributed by atoms with Crippen molar-refractivity contribution in [1.82, 2.24) is 4.90 Å². The second kappa shape index (κ2) is 4.31. The number of fused-ring (bicyclic) bond motifs is 1. The van der Waals surface area contributed by atoms with E-state index in [1.165, 1.54) is 12.8 Å². The Hall–Kier alpha value is -1.07. The number of likely N-dealkylation sites (tertiary alicyclic amines) is 1. The number of rotatable bonds is 1. The van der Waals surface area contributed by atoms with E-state index in [0.29, 0.717) is 5.69 Å². The predicted octanol–water partition coefficient (Wildman–Crippen LogP) is 1.76. The zero-order valence-corrected chi connectivity index (χ0v) is 10.5. The molecule has 0 bridgehead atoms. The van der Waals surface area contributed by atoms with Crippen LogP contribution >= 0.6 is 11.8 Å². The summed E-state index contributed by atoms with van der Waals surface area (Å²) in [5, 5.41) is 0. The van der Waals surface area contributed by atoms with Crippen molar-refractivity contribution in [3.05, 3.63) is 12.1 Å². The molecule has 0 radical (unpaired) electrons. The van der Waals surface area contributed by atoms with Crippen LogP contribution in [0.15, 0.2) is 17.0 Å². The van der Waals surface area contributed by atoms with Gasteiger partial charge in [-0.2, -0.15) is 0 Å². The summed E-state index contributed by atoms with van der Waals surface area (Å²) in [4.78, 5) is 3.39. The maximum absolute atomic E-state index is 6.03. The molecule has 0 aliphatic carbocycles. The molecule has 1 unspecified atom stereocenters. The third kappa shape index (κ3) is 1.93. The van der Waals surface area contributed by atoms with Crippen molar-refractivity contribution in [2.45, 2.75) is 24.0 Å². The van der Waals surface area contributed by atoms with E-state index in [4.69, 9.17) is 16.2 Å². The molecule has 2 aliphatic rings. The number of nitrogen functional groups attached to an aromatic ring is 2. The van der Waals surface area contributed by atoms with Crippen LogP contribution in [0.3, 0.4) is 0 Å². The average Bonchev–Trinajstić information content (AvgIpc) is 2.87. The van der Waals surface area contributed by atoms with Gasteiger partial charge in [-0.3, -0.25) is 4.90 Å². The van der Waals surface area contributed by atoms with Gasteiger partial charge in [0, 0.05) is 24.5 Å². The first-order chi connectivity index (χ1) is 8.25. The van der Waals surface area contributed by atoms with Gasteiger partial charge in [-0.25, -0.2) is 0 Å². The normalized spacial score (nSPS) is 24.4. The fourth-order valence-corrected chi connectivity index (χ4v) is 3.52. The van der Waals surface area contributed by atoms with Crippen molar-refractivity contribution >= 4 is 23.1 Å². The molecule has 0 saturated carbocycles. The summed E-state index contributed by atoms with van der Waals surface area (Å²) in [6.45, 7) is 2.26. The second-order valence-electron chi connectivity index (χ2n) is 4.53. The summed E-state index contributed by atoms with van der Waals surface area (Å²) in [5.41, 5.74) is 13.3. The lowest BCUT2D eigenvalue weighted by Crippen LogP contribution is -2.41. The van der Waals surface area contributed by atoms with E-state index in [1.54, 1.807) is 11.8 Å². The predicted molar refractivity (Wildman–Crippen MR) is 71.2 cm³/mol. The standard InChI is InChI=1S/C12H17N3OS/c13-8-3-4-9(14)12-11(8)16-10(7-17-12)15-5-1-2-6-15/h3-4,10H,1-2,5-7,13-14H2. The Morgan fingerprint density at radius 1 is 1.18 bits per heavy atom. The van der Waals surface area contributed by atoms with E-state index in [0.717, 1.165) is 35.2 Å². The molecule has 1 saturated heterocycles. The highest BCUT2D eigenvalue weighted by Crippen LogP contribution is 2.44. The number of nitrogens with two attached hydrogens (primary N) is 2. The maximum Gasteiger partial charge on any atom is 0.162 e. The maximum atomic E-state index is 6.03. The number of benzene rings is 1.